The molecule has 57 valence electrons. The fourth-order valence-corrected chi connectivity index (χ4v) is 0.785. The van der Waals surface area contributed by atoms with Crippen LogP contribution < -0.4 is 11.1 Å². The van der Waals surface area contributed by atoms with Crippen molar-refractivity contribution in [2.24, 2.45) is 5.73 Å². The summed E-state index contributed by atoms with van der Waals surface area (Å²) < 4.78 is 0. The van der Waals surface area contributed by atoms with E-state index in [2.05, 4.69) is 11.4 Å². The first kappa shape index (κ1) is 7.60. The lowest BCUT2D eigenvalue weighted by Gasteiger charge is -2.00. The highest BCUT2D eigenvalue weighted by Crippen LogP contribution is 2.07. The Bertz CT molecular complexity index is 271. The molecular formula is C8H9N2O. The minimum atomic E-state index is -0.563. The molecule has 1 rings (SSSR count). The van der Waals surface area contributed by atoms with Crippen LogP contribution in [0.25, 0.3) is 0 Å². The normalized spacial score (nSPS) is 9.18. The zero-order chi connectivity index (χ0) is 8.27. The molecule has 0 heterocycles. The standard InChI is InChI=1S/C8H9N2O/c1-6-3-2-4-7(5-6)10-8(9)11/h2-3,5H,1H3,(H3,9,10,11). The molecular weight excluding hydrogens is 140 g/mol. The zero-order valence-corrected chi connectivity index (χ0v) is 6.22. The maximum atomic E-state index is 10.4. The van der Waals surface area contributed by atoms with Gasteiger partial charge in [-0.3, -0.25) is 0 Å². The first-order chi connectivity index (χ1) is 5.18. The predicted molar refractivity (Wildman–Crippen MR) is 43.2 cm³/mol. The quantitative estimate of drug-likeness (QED) is 0.621. The number of primary amides is 1. The van der Waals surface area contributed by atoms with Crippen LogP contribution in [0.2, 0.25) is 0 Å². The summed E-state index contributed by atoms with van der Waals surface area (Å²) in [5.41, 5.74) is 6.58. The van der Waals surface area contributed by atoms with E-state index in [4.69, 9.17) is 5.73 Å². The second-order valence-electron chi connectivity index (χ2n) is 2.27. The van der Waals surface area contributed by atoms with Gasteiger partial charge < -0.3 is 11.1 Å². The number of carbonyl (C=O) groups excluding carboxylic acids is 1. The molecule has 0 aliphatic heterocycles. The van der Waals surface area contributed by atoms with Crippen LogP contribution in [-0.2, 0) is 0 Å². The van der Waals surface area contributed by atoms with Crippen LogP contribution in [0.1, 0.15) is 5.56 Å². The zero-order valence-electron chi connectivity index (χ0n) is 6.22. The number of hydrogen-bond donors (Lipinski definition) is 2. The number of rotatable bonds is 1. The number of nitrogens with two attached hydrogens (primary N) is 1. The number of amides is 2. The average molecular weight is 149 g/mol. The van der Waals surface area contributed by atoms with Crippen molar-refractivity contribution in [2.75, 3.05) is 5.32 Å². The van der Waals surface area contributed by atoms with Gasteiger partial charge in [-0.1, -0.05) is 12.1 Å². The van der Waals surface area contributed by atoms with Crippen LogP contribution in [0.15, 0.2) is 18.2 Å². The van der Waals surface area contributed by atoms with Crippen molar-refractivity contribution in [1.29, 1.82) is 0 Å². The Morgan fingerprint density at radius 2 is 2.45 bits per heavy atom. The number of benzene rings is 1. The van der Waals surface area contributed by atoms with E-state index < -0.39 is 6.03 Å². The molecule has 11 heavy (non-hydrogen) atoms. The minimum absolute atomic E-state index is 0.563. The highest BCUT2D eigenvalue weighted by atomic mass is 16.2. The third-order valence-electron chi connectivity index (χ3n) is 1.21. The molecule has 1 aromatic carbocycles. The fourth-order valence-electron chi connectivity index (χ4n) is 0.785. The summed E-state index contributed by atoms with van der Waals surface area (Å²) in [7, 11) is 0. The Labute approximate surface area is 65.2 Å². The summed E-state index contributed by atoms with van der Waals surface area (Å²) in [4.78, 5) is 10.4. The Kier molecular flexibility index (Phi) is 2.11. The van der Waals surface area contributed by atoms with Crippen molar-refractivity contribution in [3.05, 3.63) is 29.8 Å². The SMILES string of the molecule is Cc1cc[c]c(NC(N)=O)c1. The largest absolute Gasteiger partial charge is 0.351 e. The number of urea groups is 1. The second kappa shape index (κ2) is 3.05. The van der Waals surface area contributed by atoms with Crippen molar-refractivity contribution >= 4 is 11.7 Å². The van der Waals surface area contributed by atoms with Gasteiger partial charge in [-0.25, -0.2) is 4.79 Å². The molecule has 3 heteroatoms. The third kappa shape index (κ3) is 2.29. The van der Waals surface area contributed by atoms with Gasteiger partial charge in [0.25, 0.3) is 0 Å². The molecule has 0 fully saturated rings. The summed E-state index contributed by atoms with van der Waals surface area (Å²) >= 11 is 0. The van der Waals surface area contributed by atoms with Crippen LogP contribution in [0, 0.1) is 13.0 Å². The van der Waals surface area contributed by atoms with Crippen LogP contribution in [0.3, 0.4) is 0 Å². The van der Waals surface area contributed by atoms with E-state index in [0.717, 1.165) is 5.56 Å². The summed E-state index contributed by atoms with van der Waals surface area (Å²) in [6.45, 7) is 1.93. The third-order valence-corrected chi connectivity index (χ3v) is 1.21. The lowest BCUT2D eigenvalue weighted by atomic mass is 10.2. The van der Waals surface area contributed by atoms with Crippen LogP contribution >= 0.6 is 0 Å². The molecule has 0 atom stereocenters. The summed E-state index contributed by atoms with van der Waals surface area (Å²) in [6, 6.07) is 7.69. The minimum Gasteiger partial charge on any atom is -0.351 e. The van der Waals surface area contributed by atoms with Gasteiger partial charge in [-0.15, -0.1) is 0 Å². The van der Waals surface area contributed by atoms with Gasteiger partial charge in [-0.2, -0.15) is 0 Å². The lowest BCUT2D eigenvalue weighted by Crippen LogP contribution is -2.19. The molecule has 2 amide bonds. The molecule has 0 aliphatic rings. The van der Waals surface area contributed by atoms with E-state index in [9.17, 15) is 4.79 Å². The predicted octanol–water partition coefficient (Wildman–Crippen LogP) is 1.29. The van der Waals surface area contributed by atoms with Gasteiger partial charge in [-0.05, 0) is 18.6 Å². The van der Waals surface area contributed by atoms with Crippen molar-refractivity contribution in [2.45, 2.75) is 6.92 Å². The molecule has 0 aliphatic carbocycles. The number of anilines is 1. The molecule has 0 saturated heterocycles. The molecule has 3 N–H and O–H groups in total. The van der Waals surface area contributed by atoms with Crippen molar-refractivity contribution < 1.29 is 4.79 Å². The molecule has 3 nitrogen and oxygen atoms in total. The molecule has 0 saturated carbocycles. The Hall–Kier alpha value is -1.51. The molecule has 0 bridgehead atoms. The summed E-state index contributed by atoms with van der Waals surface area (Å²) in [5, 5.41) is 2.43. The van der Waals surface area contributed by atoms with E-state index in [1.54, 1.807) is 12.1 Å². The number of carbonyl (C=O) groups is 1. The van der Waals surface area contributed by atoms with Crippen molar-refractivity contribution in [1.82, 2.24) is 0 Å². The Morgan fingerprint density at radius 1 is 1.73 bits per heavy atom. The Balaban J connectivity index is 2.79. The smallest absolute Gasteiger partial charge is 0.316 e. The molecule has 1 aromatic rings. The first-order valence-electron chi connectivity index (χ1n) is 3.23. The fraction of sp³-hybridized carbons (Fsp3) is 0.125. The molecule has 0 aromatic heterocycles. The summed E-state index contributed by atoms with van der Waals surface area (Å²) in [5.74, 6) is 0. The second-order valence-corrected chi connectivity index (χ2v) is 2.27. The van der Waals surface area contributed by atoms with Gasteiger partial charge in [0, 0.05) is 6.07 Å². The molecule has 0 spiro atoms. The summed E-state index contributed by atoms with van der Waals surface area (Å²) in [6.07, 6.45) is 0. The topological polar surface area (TPSA) is 55.1 Å². The van der Waals surface area contributed by atoms with Gasteiger partial charge >= 0.3 is 6.03 Å². The molecule has 1 radical (unpaired) electrons. The highest BCUT2D eigenvalue weighted by Gasteiger charge is 1.94. The van der Waals surface area contributed by atoms with Gasteiger partial charge in [0.1, 0.15) is 0 Å². The highest BCUT2D eigenvalue weighted by molar-refractivity contribution is 5.87. The number of nitrogens with one attached hydrogen (secondary N) is 1. The van der Waals surface area contributed by atoms with E-state index in [1.807, 2.05) is 13.0 Å². The monoisotopic (exact) mass is 149 g/mol. The van der Waals surface area contributed by atoms with E-state index >= 15 is 0 Å². The van der Waals surface area contributed by atoms with Gasteiger partial charge in [0.2, 0.25) is 0 Å². The average Bonchev–Trinajstić information content (AvgIpc) is 1.85. The van der Waals surface area contributed by atoms with Crippen molar-refractivity contribution in [3.63, 3.8) is 0 Å². The van der Waals surface area contributed by atoms with E-state index in [-0.39, 0.29) is 0 Å². The molecule has 0 unspecified atom stereocenters. The van der Waals surface area contributed by atoms with Crippen molar-refractivity contribution in [3.8, 4) is 0 Å². The number of hydrogen-bond acceptors (Lipinski definition) is 1. The first-order valence-corrected chi connectivity index (χ1v) is 3.23. The van der Waals surface area contributed by atoms with Gasteiger partial charge in [0.05, 0.1) is 5.69 Å². The van der Waals surface area contributed by atoms with E-state index in [1.165, 1.54) is 0 Å². The maximum absolute atomic E-state index is 10.4. The van der Waals surface area contributed by atoms with Crippen LogP contribution in [0.5, 0.6) is 0 Å². The Morgan fingerprint density at radius 3 is 3.00 bits per heavy atom. The van der Waals surface area contributed by atoms with Gasteiger partial charge in [0.15, 0.2) is 0 Å². The van der Waals surface area contributed by atoms with Crippen LogP contribution in [0.4, 0.5) is 10.5 Å². The lowest BCUT2D eigenvalue weighted by molar-refractivity contribution is 0.259. The number of aryl methyl sites for hydroxylation is 1. The van der Waals surface area contributed by atoms with Crippen LogP contribution in [-0.4, -0.2) is 6.03 Å². The maximum Gasteiger partial charge on any atom is 0.316 e. The van der Waals surface area contributed by atoms with E-state index in [0.29, 0.717) is 5.69 Å².